The van der Waals surface area contributed by atoms with Crippen LogP contribution >= 0.6 is 0 Å². The van der Waals surface area contributed by atoms with Crippen molar-refractivity contribution in [2.24, 2.45) is 0 Å². The standard InChI is InChI=1S/C13H19NO3/c1-9(2)17-12-7-5-11(6-8-12)10(3)13(15)14(4)16/h5-10,16H,1-4H3. The highest BCUT2D eigenvalue weighted by Gasteiger charge is 2.18. The van der Waals surface area contributed by atoms with Crippen molar-refractivity contribution < 1.29 is 14.7 Å². The van der Waals surface area contributed by atoms with Gasteiger partial charge in [-0.2, -0.15) is 0 Å². The van der Waals surface area contributed by atoms with Crippen LogP contribution in [0.25, 0.3) is 0 Å². The Kier molecular flexibility index (Phi) is 4.52. The fraction of sp³-hybridized carbons (Fsp3) is 0.462. The molecule has 0 spiro atoms. The molecule has 0 fully saturated rings. The maximum atomic E-state index is 11.6. The number of ether oxygens (including phenoxy) is 1. The fourth-order valence-corrected chi connectivity index (χ4v) is 1.53. The third kappa shape index (κ3) is 3.75. The lowest BCUT2D eigenvalue weighted by Crippen LogP contribution is -2.27. The molecular weight excluding hydrogens is 218 g/mol. The second-order valence-electron chi connectivity index (χ2n) is 4.32. The van der Waals surface area contributed by atoms with Gasteiger partial charge >= 0.3 is 0 Å². The molecule has 1 atom stereocenters. The zero-order valence-electron chi connectivity index (χ0n) is 10.7. The van der Waals surface area contributed by atoms with Gasteiger partial charge in [0, 0.05) is 7.05 Å². The van der Waals surface area contributed by atoms with E-state index in [2.05, 4.69) is 0 Å². The summed E-state index contributed by atoms with van der Waals surface area (Å²) in [4.78, 5) is 11.6. The normalized spacial score (nSPS) is 12.4. The Morgan fingerprint density at radius 2 is 1.76 bits per heavy atom. The molecule has 0 aliphatic heterocycles. The molecule has 0 aromatic heterocycles. The first kappa shape index (κ1) is 13.5. The Morgan fingerprint density at radius 1 is 1.24 bits per heavy atom. The molecule has 0 radical (unpaired) electrons. The molecule has 17 heavy (non-hydrogen) atoms. The molecule has 1 N–H and O–H groups in total. The van der Waals surface area contributed by atoms with E-state index in [0.717, 1.165) is 11.3 Å². The molecule has 4 nitrogen and oxygen atoms in total. The number of likely N-dealkylation sites (N-methyl/N-ethyl adjacent to an activating group) is 1. The number of carbonyl (C=O) groups excluding carboxylic acids is 1. The van der Waals surface area contributed by atoms with Gasteiger partial charge in [-0.25, -0.2) is 5.06 Å². The first-order valence-electron chi connectivity index (χ1n) is 5.65. The average molecular weight is 237 g/mol. The highest BCUT2D eigenvalue weighted by molar-refractivity contribution is 5.82. The predicted molar refractivity (Wildman–Crippen MR) is 65.2 cm³/mol. The van der Waals surface area contributed by atoms with E-state index in [0.29, 0.717) is 5.06 Å². The molecule has 0 heterocycles. The van der Waals surface area contributed by atoms with Gasteiger partial charge in [-0.15, -0.1) is 0 Å². The van der Waals surface area contributed by atoms with Crippen molar-refractivity contribution in [3.05, 3.63) is 29.8 Å². The van der Waals surface area contributed by atoms with Crippen molar-refractivity contribution in [3.8, 4) is 5.75 Å². The van der Waals surface area contributed by atoms with Crippen molar-refractivity contribution >= 4 is 5.91 Å². The first-order chi connectivity index (χ1) is 7.91. The Hall–Kier alpha value is -1.55. The minimum absolute atomic E-state index is 0.128. The smallest absolute Gasteiger partial charge is 0.252 e. The van der Waals surface area contributed by atoms with Crippen molar-refractivity contribution in [2.75, 3.05) is 7.05 Å². The van der Waals surface area contributed by atoms with Gasteiger partial charge in [0.15, 0.2) is 0 Å². The maximum absolute atomic E-state index is 11.6. The summed E-state index contributed by atoms with van der Waals surface area (Å²) in [5.41, 5.74) is 0.854. The topological polar surface area (TPSA) is 49.8 Å². The Bertz CT molecular complexity index is 371. The van der Waals surface area contributed by atoms with Crippen molar-refractivity contribution in [3.63, 3.8) is 0 Å². The van der Waals surface area contributed by atoms with Gasteiger partial charge in [0.05, 0.1) is 12.0 Å². The third-order valence-corrected chi connectivity index (χ3v) is 2.44. The van der Waals surface area contributed by atoms with E-state index in [4.69, 9.17) is 9.94 Å². The van der Waals surface area contributed by atoms with Crippen LogP contribution in [0.3, 0.4) is 0 Å². The monoisotopic (exact) mass is 237 g/mol. The lowest BCUT2D eigenvalue weighted by Gasteiger charge is -2.16. The molecule has 1 rings (SSSR count). The molecule has 1 unspecified atom stereocenters. The Morgan fingerprint density at radius 3 is 2.18 bits per heavy atom. The van der Waals surface area contributed by atoms with E-state index in [1.165, 1.54) is 7.05 Å². The molecule has 1 aromatic rings. The van der Waals surface area contributed by atoms with Crippen LogP contribution in [0.2, 0.25) is 0 Å². The lowest BCUT2D eigenvalue weighted by atomic mass is 10.0. The summed E-state index contributed by atoms with van der Waals surface area (Å²) in [5.74, 6) is 0.0846. The number of amides is 1. The van der Waals surface area contributed by atoms with E-state index in [1.54, 1.807) is 6.92 Å². The summed E-state index contributed by atoms with van der Waals surface area (Å²) in [7, 11) is 1.33. The third-order valence-electron chi connectivity index (χ3n) is 2.44. The fourth-order valence-electron chi connectivity index (χ4n) is 1.53. The first-order valence-corrected chi connectivity index (χ1v) is 5.65. The average Bonchev–Trinajstić information content (AvgIpc) is 2.27. The van der Waals surface area contributed by atoms with Gasteiger partial charge in [0.25, 0.3) is 5.91 Å². The van der Waals surface area contributed by atoms with Gasteiger partial charge in [0.1, 0.15) is 5.75 Å². The highest BCUT2D eigenvalue weighted by Crippen LogP contribution is 2.21. The summed E-state index contributed by atoms with van der Waals surface area (Å²) in [6, 6.07) is 7.33. The molecule has 94 valence electrons. The number of benzene rings is 1. The Balaban J connectivity index is 2.77. The molecular formula is C13H19NO3. The quantitative estimate of drug-likeness (QED) is 0.646. The summed E-state index contributed by atoms with van der Waals surface area (Å²) in [6.45, 7) is 5.68. The second-order valence-corrected chi connectivity index (χ2v) is 4.32. The zero-order chi connectivity index (χ0) is 13.0. The SMILES string of the molecule is CC(C)Oc1ccc(C(C)C(=O)N(C)O)cc1. The molecule has 0 saturated carbocycles. The number of carbonyl (C=O) groups is 1. The van der Waals surface area contributed by atoms with Crippen molar-refractivity contribution in [1.82, 2.24) is 5.06 Å². The number of rotatable bonds is 4. The summed E-state index contributed by atoms with van der Waals surface area (Å²) < 4.78 is 5.51. The molecule has 1 amide bonds. The van der Waals surface area contributed by atoms with Crippen LogP contribution in [0.15, 0.2) is 24.3 Å². The minimum atomic E-state index is -0.363. The molecule has 1 aromatic carbocycles. The lowest BCUT2D eigenvalue weighted by molar-refractivity contribution is -0.160. The van der Waals surface area contributed by atoms with Crippen LogP contribution in [-0.4, -0.2) is 29.3 Å². The van der Waals surface area contributed by atoms with E-state index in [1.807, 2.05) is 38.1 Å². The number of hydrogen-bond donors (Lipinski definition) is 1. The predicted octanol–water partition coefficient (Wildman–Crippen LogP) is 2.42. The van der Waals surface area contributed by atoms with Gasteiger partial charge in [-0.1, -0.05) is 12.1 Å². The van der Waals surface area contributed by atoms with Gasteiger partial charge in [-0.3, -0.25) is 10.0 Å². The molecule has 0 bridgehead atoms. The second kappa shape index (κ2) is 5.68. The minimum Gasteiger partial charge on any atom is -0.491 e. The highest BCUT2D eigenvalue weighted by atomic mass is 16.5. The van der Waals surface area contributed by atoms with Crippen LogP contribution in [-0.2, 0) is 4.79 Å². The molecule has 0 aliphatic carbocycles. The number of hydrogen-bond acceptors (Lipinski definition) is 3. The largest absolute Gasteiger partial charge is 0.491 e. The van der Waals surface area contributed by atoms with Crippen molar-refractivity contribution in [1.29, 1.82) is 0 Å². The van der Waals surface area contributed by atoms with Crippen LogP contribution in [0.1, 0.15) is 32.3 Å². The van der Waals surface area contributed by atoms with Gasteiger partial charge in [-0.05, 0) is 38.5 Å². The zero-order valence-corrected chi connectivity index (χ0v) is 10.7. The maximum Gasteiger partial charge on any atom is 0.252 e. The van der Waals surface area contributed by atoms with Crippen LogP contribution < -0.4 is 4.74 Å². The molecule has 0 saturated heterocycles. The number of hydroxylamine groups is 2. The van der Waals surface area contributed by atoms with E-state index >= 15 is 0 Å². The number of nitrogens with zero attached hydrogens (tertiary/aromatic N) is 1. The van der Waals surface area contributed by atoms with Crippen LogP contribution in [0.5, 0.6) is 5.75 Å². The van der Waals surface area contributed by atoms with Crippen molar-refractivity contribution in [2.45, 2.75) is 32.8 Å². The van der Waals surface area contributed by atoms with Gasteiger partial charge in [0.2, 0.25) is 0 Å². The van der Waals surface area contributed by atoms with Gasteiger partial charge < -0.3 is 4.74 Å². The molecule has 0 aliphatic rings. The van der Waals surface area contributed by atoms with Crippen LogP contribution in [0.4, 0.5) is 0 Å². The van der Waals surface area contributed by atoms with E-state index < -0.39 is 0 Å². The summed E-state index contributed by atoms with van der Waals surface area (Å²) in [5, 5.41) is 9.70. The summed E-state index contributed by atoms with van der Waals surface area (Å²) in [6.07, 6.45) is 0.128. The Labute approximate surface area is 102 Å². The summed E-state index contributed by atoms with van der Waals surface area (Å²) >= 11 is 0. The van der Waals surface area contributed by atoms with Crippen LogP contribution in [0, 0.1) is 0 Å². The van der Waals surface area contributed by atoms with E-state index in [-0.39, 0.29) is 17.9 Å². The van der Waals surface area contributed by atoms with E-state index in [9.17, 15) is 4.79 Å². The molecule has 4 heteroatoms.